The van der Waals surface area contributed by atoms with Gasteiger partial charge < -0.3 is 0 Å². The standard InChI is InChI=1S/C4H3N3O4S/c8-2-1(7(10)11)3(9)6-4(12)5-2/h1H,(H2,5,6,8,9,12). The number of amides is 2. The van der Waals surface area contributed by atoms with Crippen molar-refractivity contribution in [3.05, 3.63) is 10.1 Å². The van der Waals surface area contributed by atoms with Crippen LogP contribution in [-0.2, 0) is 9.59 Å². The van der Waals surface area contributed by atoms with E-state index in [-0.39, 0.29) is 5.11 Å². The SMILES string of the molecule is O=C1NC(=S)NC(=O)C1[N+](=O)[O-]. The van der Waals surface area contributed by atoms with Crippen LogP contribution in [0.5, 0.6) is 0 Å². The van der Waals surface area contributed by atoms with E-state index in [2.05, 4.69) is 12.2 Å². The van der Waals surface area contributed by atoms with Crippen LogP contribution in [0, 0.1) is 10.1 Å². The second-order valence-corrected chi connectivity index (χ2v) is 2.40. The molecule has 0 atom stereocenters. The van der Waals surface area contributed by atoms with E-state index in [0.29, 0.717) is 0 Å². The highest BCUT2D eigenvalue weighted by molar-refractivity contribution is 7.80. The Morgan fingerprint density at radius 2 is 1.75 bits per heavy atom. The van der Waals surface area contributed by atoms with Gasteiger partial charge in [-0.05, 0) is 12.2 Å². The number of rotatable bonds is 1. The molecule has 1 saturated heterocycles. The van der Waals surface area contributed by atoms with E-state index in [1.165, 1.54) is 0 Å². The molecule has 12 heavy (non-hydrogen) atoms. The molecule has 0 saturated carbocycles. The molecule has 1 aliphatic heterocycles. The molecule has 7 nitrogen and oxygen atoms in total. The van der Waals surface area contributed by atoms with Gasteiger partial charge in [0.25, 0.3) is 0 Å². The summed E-state index contributed by atoms with van der Waals surface area (Å²) in [6.07, 6.45) is 0. The Labute approximate surface area is 71.3 Å². The van der Waals surface area contributed by atoms with Gasteiger partial charge in [-0.1, -0.05) is 0 Å². The summed E-state index contributed by atoms with van der Waals surface area (Å²) in [4.78, 5) is 30.7. The minimum atomic E-state index is -1.89. The van der Waals surface area contributed by atoms with E-state index >= 15 is 0 Å². The summed E-state index contributed by atoms with van der Waals surface area (Å²) >= 11 is 4.41. The van der Waals surface area contributed by atoms with E-state index in [0.717, 1.165) is 0 Å². The molecule has 2 amide bonds. The minimum Gasteiger partial charge on any atom is -0.296 e. The topological polar surface area (TPSA) is 101 Å². The first kappa shape index (κ1) is 8.53. The van der Waals surface area contributed by atoms with Crippen molar-refractivity contribution < 1.29 is 14.5 Å². The van der Waals surface area contributed by atoms with Crippen LogP contribution >= 0.6 is 12.2 Å². The first-order chi connectivity index (χ1) is 5.52. The molecule has 1 fully saturated rings. The van der Waals surface area contributed by atoms with Crippen LogP contribution in [0.1, 0.15) is 0 Å². The first-order valence-corrected chi connectivity index (χ1v) is 3.22. The summed E-state index contributed by atoms with van der Waals surface area (Å²) in [6, 6.07) is -1.89. The second kappa shape index (κ2) is 2.81. The van der Waals surface area contributed by atoms with Crippen molar-refractivity contribution in [2.75, 3.05) is 0 Å². The highest BCUT2D eigenvalue weighted by atomic mass is 32.1. The molecule has 64 valence electrons. The molecular weight excluding hydrogens is 186 g/mol. The maximum atomic E-state index is 10.8. The normalized spacial score (nSPS) is 18.5. The van der Waals surface area contributed by atoms with Crippen LogP contribution in [0.2, 0.25) is 0 Å². The third kappa shape index (κ3) is 1.37. The zero-order valence-corrected chi connectivity index (χ0v) is 6.38. The molecular formula is C4H3N3O4S. The van der Waals surface area contributed by atoms with Crippen molar-refractivity contribution >= 4 is 29.1 Å². The number of hydrogen-bond acceptors (Lipinski definition) is 5. The van der Waals surface area contributed by atoms with E-state index in [4.69, 9.17) is 0 Å². The highest BCUT2D eigenvalue weighted by Gasteiger charge is 2.42. The number of nitro groups is 1. The average Bonchev–Trinajstić information content (AvgIpc) is 1.82. The van der Waals surface area contributed by atoms with Gasteiger partial charge in [0.2, 0.25) is 0 Å². The number of carbonyl (C=O) groups is 2. The van der Waals surface area contributed by atoms with Crippen molar-refractivity contribution in [1.82, 2.24) is 10.6 Å². The Kier molecular flexibility index (Phi) is 2.00. The van der Waals surface area contributed by atoms with Crippen LogP contribution in [0.4, 0.5) is 0 Å². The van der Waals surface area contributed by atoms with E-state index in [1.54, 1.807) is 0 Å². The molecule has 0 aromatic carbocycles. The Hall–Kier alpha value is -1.57. The molecule has 1 aliphatic rings. The summed E-state index contributed by atoms with van der Waals surface area (Å²) in [6.45, 7) is 0. The molecule has 0 aromatic heterocycles. The first-order valence-electron chi connectivity index (χ1n) is 2.81. The summed E-state index contributed by atoms with van der Waals surface area (Å²) in [5, 5.41) is 13.8. The zero-order chi connectivity index (χ0) is 9.30. The predicted octanol–water partition coefficient (Wildman–Crippen LogP) is -1.84. The van der Waals surface area contributed by atoms with Gasteiger partial charge in [0, 0.05) is 4.92 Å². The van der Waals surface area contributed by atoms with E-state index < -0.39 is 22.8 Å². The Bertz CT molecular complexity index is 268. The van der Waals surface area contributed by atoms with Gasteiger partial charge in [-0.3, -0.25) is 30.3 Å². The molecule has 0 unspecified atom stereocenters. The van der Waals surface area contributed by atoms with Crippen molar-refractivity contribution in [3.63, 3.8) is 0 Å². The van der Waals surface area contributed by atoms with Gasteiger partial charge >= 0.3 is 17.9 Å². The van der Waals surface area contributed by atoms with Crippen molar-refractivity contribution in [2.24, 2.45) is 0 Å². The van der Waals surface area contributed by atoms with Gasteiger partial charge in [0.15, 0.2) is 5.11 Å². The number of carbonyl (C=O) groups excluding carboxylic acids is 2. The molecule has 0 aromatic rings. The summed E-state index contributed by atoms with van der Waals surface area (Å²) < 4.78 is 0. The van der Waals surface area contributed by atoms with Gasteiger partial charge in [-0.25, -0.2) is 0 Å². The molecule has 1 heterocycles. The third-order valence-corrected chi connectivity index (χ3v) is 1.39. The lowest BCUT2D eigenvalue weighted by atomic mass is 10.2. The average molecular weight is 189 g/mol. The maximum Gasteiger partial charge on any atom is 0.366 e. The molecule has 0 radical (unpaired) electrons. The van der Waals surface area contributed by atoms with Gasteiger partial charge in [0.05, 0.1) is 0 Å². The summed E-state index contributed by atoms with van der Waals surface area (Å²) in [7, 11) is 0. The van der Waals surface area contributed by atoms with Gasteiger partial charge in [-0.15, -0.1) is 0 Å². The van der Waals surface area contributed by atoms with Crippen molar-refractivity contribution in [2.45, 2.75) is 6.04 Å². The van der Waals surface area contributed by atoms with Crippen LogP contribution < -0.4 is 10.6 Å². The van der Waals surface area contributed by atoms with Crippen LogP contribution in [0.15, 0.2) is 0 Å². The Balaban J connectivity index is 2.88. The predicted molar refractivity (Wildman–Crippen MR) is 39.7 cm³/mol. The quantitative estimate of drug-likeness (QED) is 0.218. The van der Waals surface area contributed by atoms with Crippen molar-refractivity contribution in [3.8, 4) is 0 Å². The fourth-order valence-corrected chi connectivity index (χ4v) is 0.903. The molecule has 0 bridgehead atoms. The number of nitrogens with one attached hydrogen (secondary N) is 2. The smallest absolute Gasteiger partial charge is 0.296 e. The summed E-state index contributed by atoms with van der Waals surface area (Å²) in [5.41, 5.74) is 0. The van der Waals surface area contributed by atoms with Crippen LogP contribution in [-0.4, -0.2) is 27.9 Å². The second-order valence-electron chi connectivity index (χ2n) is 2.00. The lowest BCUT2D eigenvalue weighted by molar-refractivity contribution is -0.494. The Morgan fingerprint density at radius 3 is 2.08 bits per heavy atom. The lowest BCUT2D eigenvalue weighted by Gasteiger charge is -2.16. The fourth-order valence-electron chi connectivity index (χ4n) is 0.702. The number of thiocarbonyl (C=S) groups is 1. The highest BCUT2D eigenvalue weighted by Crippen LogP contribution is 1.95. The van der Waals surface area contributed by atoms with Crippen LogP contribution in [0.25, 0.3) is 0 Å². The number of hydrogen-bond donors (Lipinski definition) is 2. The zero-order valence-electron chi connectivity index (χ0n) is 5.57. The monoisotopic (exact) mass is 189 g/mol. The number of nitrogens with zero attached hydrogens (tertiary/aromatic N) is 1. The van der Waals surface area contributed by atoms with E-state index in [1.807, 2.05) is 10.6 Å². The van der Waals surface area contributed by atoms with Gasteiger partial charge in [-0.2, -0.15) is 0 Å². The fraction of sp³-hybridized carbons (Fsp3) is 0.250. The van der Waals surface area contributed by atoms with Crippen LogP contribution in [0.3, 0.4) is 0 Å². The molecule has 8 heteroatoms. The maximum absolute atomic E-state index is 10.8. The lowest BCUT2D eigenvalue weighted by Crippen LogP contribution is -2.61. The van der Waals surface area contributed by atoms with Gasteiger partial charge in [0.1, 0.15) is 0 Å². The van der Waals surface area contributed by atoms with Crippen molar-refractivity contribution in [1.29, 1.82) is 0 Å². The molecule has 0 aliphatic carbocycles. The molecule has 0 spiro atoms. The third-order valence-electron chi connectivity index (χ3n) is 1.18. The molecule has 2 N–H and O–H groups in total. The summed E-state index contributed by atoms with van der Waals surface area (Å²) in [5.74, 6) is -2.01. The minimum absolute atomic E-state index is 0.205. The largest absolute Gasteiger partial charge is 0.366 e. The van der Waals surface area contributed by atoms with E-state index in [9.17, 15) is 19.7 Å². The Morgan fingerprint density at radius 1 is 1.33 bits per heavy atom. The molecule has 1 rings (SSSR count).